The number of oxime groups is 1. The van der Waals surface area contributed by atoms with E-state index in [0.29, 0.717) is 5.65 Å². The minimum absolute atomic E-state index is 0.145. The number of aromatic nitrogens is 3. The number of fused-ring (bicyclic) bond motifs is 1. The fourth-order valence-electron chi connectivity index (χ4n) is 2.26. The Morgan fingerprint density at radius 1 is 1.20 bits per heavy atom. The van der Waals surface area contributed by atoms with Crippen molar-refractivity contribution in [2.45, 2.75) is 0 Å². The SMILES string of the molecule is N/C(=N\OC(=O)c1cnn2c(-c3cccs3)ccnc12)c1cccs1. The van der Waals surface area contributed by atoms with E-state index in [1.54, 1.807) is 28.1 Å². The van der Waals surface area contributed by atoms with Crippen LogP contribution in [-0.4, -0.2) is 26.4 Å². The van der Waals surface area contributed by atoms with Crippen molar-refractivity contribution in [1.29, 1.82) is 0 Å². The minimum Gasteiger partial charge on any atom is -0.380 e. The highest BCUT2D eigenvalue weighted by Crippen LogP contribution is 2.25. The lowest BCUT2D eigenvalue weighted by molar-refractivity contribution is 0.0518. The first-order valence-corrected chi connectivity index (χ1v) is 8.95. The van der Waals surface area contributed by atoms with Crippen molar-refractivity contribution in [3.05, 3.63) is 63.9 Å². The van der Waals surface area contributed by atoms with E-state index in [4.69, 9.17) is 10.6 Å². The Labute approximate surface area is 150 Å². The second kappa shape index (κ2) is 6.46. The monoisotopic (exact) mass is 369 g/mol. The van der Waals surface area contributed by atoms with Crippen LogP contribution in [0.25, 0.3) is 16.2 Å². The van der Waals surface area contributed by atoms with Crippen LogP contribution in [-0.2, 0) is 4.84 Å². The van der Waals surface area contributed by atoms with Gasteiger partial charge in [-0.25, -0.2) is 14.3 Å². The van der Waals surface area contributed by atoms with Crippen molar-refractivity contribution in [2.24, 2.45) is 10.9 Å². The molecule has 0 aliphatic heterocycles. The summed E-state index contributed by atoms with van der Waals surface area (Å²) in [5.41, 5.74) is 7.26. The molecular formula is C16H11N5O2S2. The van der Waals surface area contributed by atoms with Gasteiger partial charge < -0.3 is 10.6 Å². The van der Waals surface area contributed by atoms with Crippen LogP contribution >= 0.6 is 22.7 Å². The molecule has 0 radical (unpaired) electrons. The first kappa shape index (κ1) is 15.5. The summed E-state index contributed by atoms with van der Waals surface area (Å²) in [7, 11) is 0. The molecule has 4 rings (SSSR count). The van der Waals surface area contributed by atoms with Gasteiger partial charge in [0.2, 0.25) is 0 Å². The highest BCUT2D eigenvalue weighted by atomic mass is 32.1. The molecule has 0 bridgehead atoms. The van der Waals surface area contributed by atoms with E-state index in [0.717, 1.165) is 15.4 Å². The van der Waals surface area contributed by atoms with Crippen LogP contribution in [0.3, 0.4) is 0 Å². The molecule has 25 heavy (non-hydrogen) atoms. The number of rotatable bonds is 4. The molecule has 0 amide bonds. The lowest BCUT2D eigenvalue weighted by atomic mass is 10.3. The molecule has 0 aliphatic rings. The molecule has 4 aromatic rings. The van der Waals surface area contributed by atoms with Crippen LogP contribution in [0.1, 0.15) is 15.2 Å². The second-order valence-corrected chi connectivity index (χ2v) is 6.83. The molecule has 0 aliphatic carbocycles. The maximum absolute atomic E-state index is 12.3. The minimum atomic E-state index is -0.662. The molecule has 0 saturated carbocycles. The molecule has 4 heterocycles. The Kier molecular flexibility index (Phi) is 4.00. The van der Waals surface area contributed by atoms with E-state index in [1.807, 2.05) is 35.0 Å². The Morgan fingerprint density at radius 3 is 2.80 bits per heavy atom. The smallest absolute Gasteiger partial charge is 0.371 e. The number of thiophene rings is 2. The zero-order valence-electron chi connectivity index (χ0n) is 12.7. The highest BCUT2D eigenvalue weighted by molar-refractivity contribution is 7.13. The Morgan fingerprint density at radius 2 is 2.04 bits per heavy atom. The van der Waals surface area contributed by atoms with E-state index in [-0.39, 0.29) is 11.4 Å². The van der Waals surface area contributed by atoms with Gasteiger partial charge in [0, 0.05) is 6.20 Å². The quantitative estimate of drug-likeness (QED) is 0.258. The maximum atomic E-state index is 12.3. The average Bonchev–Trinajstić information content (AvgIpc) is 3.39. The number of carbonyl (C=O) groups is 1. The number of amidine groups is 1. The maximum Gasteiger partial charge on any atom is 0.371 e. The van der Waals surface area contributed by atoms with Crippen LogP contribution in [0.15, 0.2) is 58.6 Å². The summed E-state index contributed by atoms with van der Waals surface area (Å²) >= 11 is 2.99. The third-order valence-electron chi connectivity index (χ3n) is 3.40. The summed E-state index contributed by atoms with van der Waals surface area (Å²) in [6.07, 6.45) is 3.05. The first-order valence-electron chi connectivity index (χ1n) is 7.19. The normalized spacial score (nSPS) is 11.8. The van der Waals surface area contributed by atoms with Crippen LogP contribution < -0.4 is 5.73 Å². The molecule has 7 nitrogen and oxygen atoms in total. The Hall–Kier alpha value is -3.04. The van der Waals surface area contributed by atoms with Crippen LogP contribution in [0.5, 0.6) is 0 Å². The van der Waals surface area contributed by atoms with E-state index in [9.17, 15) is 4.79 Å². The molecule has 0 saturated heterocycles. The molecule has 124 valence electrons. The van der Waals surface area contributed by atoms with Gasteiger partial charge >= 0.3 is 5.97 Å². The summed E-state index contributed by atoms with van der Waals surface area (Å²) in [6.45, 7) is 0. The standard InChI is InChI=1S/C16H11N5O2S2/c17-14(13-4-2-8-25-13)20-23-16(22)10-9-19-21-11(5-6-18-15(10)21)12-3-1-7-24-12/h1-9H,(H2,17,20). The van der Waals surface area contributed by atoms with E-state index < -0.39 is 5.97 Å². The van der Waals surface area contributed by atoms with Crippen molar-refractivity contribution in [3.63, 3.8) is 0 Å². The van der Waals surface area contributed by atoms with Gasteiger partial charge in [-0.05, 0) is 29.0 Å². The lowest BCUT2D eigenvalue weighted by Gasteiger charge is -2.02. The van der Waals surface area contributed by atoms with Gasteiger partial charge in [0.1, 0.15) is 5.56 Å². The third kappa shape index (κ3) is 2.90. The molecule has 0 unspecified atom stereocenters. The van der Waals surface area contributed by atoms with Crippen molar-refractivity contribution < 1.29 is 9.63 Å². The van der Waals surface area contributed by atoms with Crippen molar-refractivity contribution in [2.75, 3.05) is 0 Å². The van der Waals surface area contributed by atoms with Gasteiger partial charge in [-0.2, -0.15) is 5.10 Å². The van der Waals surface area contributed by atoms with Gasteiger partial charge in [0.25, 0.3) is 0 Å². The first-order chi connectivity index (χ1) is 12.2. The molecular weight excluding hydrogens is 358 g/mol. The van der Waals surface area contributed by atoms with Crippen molar-refractivity contribution in [1.82, 2.24) is 14.6 Å². The average molecular weight is 369 g/mol. The summed E-state index contributed by atoms with van der Waals surface area (Å²) in [5, 5.41) is 11.8. The predicted octanol–water partition coefficient (Wildman–Crippen LogP) is 3.00. The van der Waals surface area contributed by atoms with E-state index in [2.05, 4.69) is 15.2 Å². The molecule has 4 aromatic heterocycles. The van der Waals surface area contributed by atoms with Gasteiger partial charge in [0.05, 0.1) is 21.6 Å². The molecule has 0 spiro atoms. The fourth-order valence-corrected chi connectivity index (χ4v) is 3.61. The summed E-state index contributed by atoms with van der Waals surface area (Å²) in [4.78, 5) is 23.3. The number of hydrogen-bond acceptors (Lipinski definition) is 7. The molecule has 2 N–H and O–H groups in total. The fraction of sp³-hybridized carbons (Fsp3) is 0. The highest BCUT2D eigenvalue weighted by Gasteiger charge is 2.18. The Balaban J connectivity index is 1.65. The topological polar surface area (TPSA) is 94.9 Å². The van der Waals surface area contributed by atoms with E-state index in [1.165, 1.54) is 17.5 Å². The van der Waals surface area contributed by atoms with Crippen molar-refractivity contribution >= 4 is 40.1 Å². The van der Waals surface area contributed by atoms with Crippen molar-refractivity contribution in [3.8, 4) is 10.6 Å². The molecule has 9 heteroatoms. The molecule has 0 fully saturated rings. The number of hydrogen-bond donors (Lipinski definition) is 1. The largest absolute Gasteiger partial charge is 0.380 e. The number of carbonyl (C=O) groups excluding carboxylic acids is 1. The zero-order valence-corrected chi connectivity index (χ0v) is 14.3. The summed E-state index contributed by atoms with van der Waals surface area (Å²) < 4.78 is 1.61. The number of nitrogens with zero attached hydrogens (tertiary/aromatic N) is 4. The Bertz CT molecular complexity index is 1050. The van der Waals surface area contributed by atoms with Crippen LogP contribution in [0.4, 0.5) is 0 Å². The van der Waals surface area contributed by atoms with Gasteiger partial charge in [-0.3, -0.25) is 0 Å². The van der Waals surface area contributed by atoms with Gasteiger partial charge in [-0.1, -0.05) is 17.3 Å². The predicted molar refractivity (Wildman–Crippen MR) is 96.8 cm³/mol. The number of nitrogens with two attached hydrogens (primary N) is 1. The van der Waals surface area contributed by atoms with Crippen LogP contribution in [0.2, 0.25) is 0 Å². The summed E-state index contributed by atoms with van der Waals surface area (Å²) in [5.74, 6) is -0.516. The van der Waals surface area contributed by atoms with Gasteiger partial charge in [0.15, 0.2) is 11.5 Å². The van der Waals surface area contributed by atoms with E-state index >= 15 is 0 Å². The molecule has 0 aromatic carbocycles. The van der Waals surface area contributed by atoms with Gasteiger partial charge in [-0.15, -0.1) is 22.7 Å². The second-order valence-electron chi connectivity index (χ2n) is 4.93. The van der Waals surface area contributed by atoms with Crippen LogP contribution in [0, 0.1) is 0 Å². The lowest BCUT2D eigenvalue weighted by Crippen LogP contribution is -2.13. The third-order valence-corrected chi connectivity index (χ3v) is 5.18. The zero-order chi connectivity index (χ0) is 17.2. The molecule has 0 atom stereocenters. The summed E-state index contributed by atoms with van der Waals surface area (Å²) in [6, 6.07) is 9.40.